The molecule has 0 heterocycles. The lowest BCUT2D eigenvalue weighted by atomic mass is 10.1. The highest BCUT2D eigenvalue weighted by molar-refractivity contribution is 7.99. The molecule has 1 N–H and O–H groups in total. The first-order valence-corrected chi connectivity index (χ1v) is 11.9. The van der Waals surface area contributed by atoms with Crippen LogP contribution in [0.2, 0.25) is 0 Å². The number of nitrogens with one attached hydrogen (secondary N) is 1. The second-order valence-corrected chi connectivity index (χ2v) is 8.77. The number of thioether (sulfide) groups is 1. The molecular formula is C25H34N2O3S. The molecule has 5 nitrogen and oxygen atoms in total. The second kappa shape index (κ2) is 12.4. The van der Waals surface area contributed by atoms with Crippen molar-refractivity contribution in [3.05, 3.63) is 65.2 Å². The predicted molar refractivity (Wildman–Crippen MR) is 128 cm³/mol. The van der Waals surface area contributed by atoms with E-state index < -0.39 is 6.04 Å². The van der Waals surface area contributed by atoms with Crippen molar-refractivity contribution in [2.75, 3.05) is 12.9 Å². The van der Waals surface area contributed by atoms with Crippen molar-refractivity contribution in [2.45, 2.75) is 58.5 Å². The first-order chi connectivity index (χ1) is 14.8. The summed E-state index contributed by atoms with van der Waals surface area (Å²) in [5.41, 5.74) is 3.41. The van der Waals surface area contributed by atoms with Crippen LogP contribution in [0.5, 0.6) is 5.75 Å². The van der Waals surface area contributed by atoms with Crippen LogP contribution in [-0.4, -0.2) is 41.7 Å². The van der Waals surface area contributed by atoms with Gasteiger partial charge in [0.25, 0.3) is 0 Å². The topological polar surface area (TPSA) is 58.6 Å². The van der Waals surface area contributed by atoms with Crippen molar-refractivity contribution in [2.24, 2.45) is 0 Å². The molecule has 31 heavy (non-hydrogen) atoms. The highest BCUT2D eigenvalue weighted by Crippen LogP contribution is 2.19. The molecular weight excluding hydrogens is 408 g/mol. The largest absolute Gasteiger partial charge is 0.497 e. The third-order valence-electron chi connectivity index (χ3n) is 5.42. The summed E-state index contributed by atoms with van der Waals surface area (Å²) in [7, 11) is 1.62. The van der Waals surface area contributed by atoms with Crippen molar-refractivity contribution in [1.29, 1.82) is 0 Å². The number of carbonyl (C=O) groups excluding carboxylic acids is 2. The molecule has 0 aliphatic rings. The van der Waals surface area contributed by atoms with Gasteiger partial charge in [-0.25, -0.2) is 0 Å². The van der Waals surface area contributed by atoms with Gasteiger partial charge in [-0.05, 0) is 56.0 Å². The standard InChI is InChI=1S/C25H34N2O3S/c1-6-19(3)26-25(29)20(4)27(15-21-11-13-23(30-5)14-12-21)24(28)17-31-16-22-10-8-7-9-18(22)2/h7-14,19-20H,6,15-17H2,1-5H3,(H,26,29)/t19-,20+/m1/s1. The van der Waals surface area contributed by atoms with Gasteiger partial charge in [-0.15, -0.1) is 11.8 Å². The van der Waals surface area contributed by atoms with E-state index in [1.807, 2.05) is 50.2 Å². The Morgan fingerprint density at radius 2 is 1.77 bits per heavy atom. The highest BCUT2D eigenvalue weighted by atomic mass is 32.2. The fourth-order valence-corrected chi connectivity index (χ4v) is 4.07. The van der Waals surface area contributed by atoms with Crippen LogP contribution >= 0.6 is 11.8 Å². The number of hydrogen-bond acceptors (Lipinski definition) is 4. The summed E-state index contributed by atoms with van der Waals surface area (Å²) in [5, 5.41) is 3.00. The first kappa shape index (κ1) is 24.8. The van der Waals surface area contributed by atoms with Gasteiger partial charge >= 0.3 is 0 Å². The number of methoxy groups -OCH3 is 1. The summed E-state index contributed by atoms with van der Waals surface area (Å²) in [5.74, 6) is 1.69. The van der Waals surface area contributed by atoms with Crippen molar-refractivity contribution >= 4 is 23.6 Å². The van der Waals surface area contributed by atoms with Gasteiger partial charge in [-0.2, -0.15) is 0 Å². The Kier molecular flexibility index (Phi) is 9.92. The number of benzene rings is 2. The Labute approximate surface area is 190 Å². The van der Waals surface area contributed by atoms with E-state index in [9.17, 15) is 9.59 Å². The van der Waals surface area contributed by atoms with Crippen LogP contribution in [0.25, 0.3) is 0 Å². The maximum absolute atomic E-state index is 13.1. The quantitative estimate of drug-likeness (QED) is 0.554. The van der Waals surface area contributed by atoms with E-state index >= 15 is 0 Å². The summed E-state index contributed by atoms with van der Waals surface area (Å²) in [6.45, 7) is 8.25. The van der Waals surface area contributed by atoms with Gasteiger partial charge < -0.3 is 15.0 Å². The van der Waals surface area contributed by atoms with Crippen LogP contribution in [-0.2, 0) is 21.9 Å². The molecule has 0 aliphatic carbocycles. The van der Waals surface area contributed by atoms with Gasteiger partial charge in [-0.1, -0.05) is 43.3 Å². The zero-order valence-corrected chi connectivity index (χ0v) is 20.0. The third-order valence-corrected chi connectivity index (χ3v) is 6.39. The van der Waals surface area contributed by atoms with Gasteiger partial charge in [0.15, 0.2) is 0 Å². The molecule has 0 saturated carbocycles. The third kappa shape index (κ3) is 7.62. The number of amides is 2. The molecule has 0 radical (unpaired) electrons. The lowest BCUT2D eigenvalue weighted by Gasteiger charge is -2.29. The molecule has 2 rings (SSSR count). The van der Waals surface area contributed by atoms with E-state index in [1.165, 1.54) is 11.1 Å². The van der Waals surface area contributed by atoms with E-state index in [2.05, 4.69) is 24.4 Å². The number of nitrogens with zero attached hydrogens (tertiary/aromatic N) is 1. The molecule has 0 fully saturated rings. The SMILES string of the molecule is CC[C@@H](C)NC(=O)[C@H](C)N(Cc1ccc(OC)cc1)C(=O)CSCc1ccccc1C. The molecule has 0 saturated heterocycles. The molecule has 0 aliphatic heterocycles. The van der Waals surface area contributed by atoms with Gasteiger partial charge in [0.05, 0.1) is 12.9 Å². The average Bonchev–Trinajstić information content (AvgIpc) is 2.78. The van der Waals surface area contributed by atoms with Crippen LogP contribution in [0.3, 0.4) is 0 Å². The van der Waals surface area contributed by atoms with Crippen LogP contribution in [0.1, 0.15) is 43.9 Å². The Hall–Kier alpha value is -2.47. The molecule has 2 amide bonds. The Morgan fingerprint density at radius 3 is 2.39 bits per heavy atom. The molecule has 0 spiro atoms. The maximum Gasteiger partial charge on any atom is 0.242 e. The van der Waals surface area contributed by atoms with Gasteiger partial charge in [-0.3, -0.25) is 9.59 Å². The highest BCUT2D eigenvalue weighted by Gasteiger charge is 2.26. The van der Waals surface area contributed by atoms with Crippen LogP contribution in [0.4, 0.5) is 0 Å². The number of ether oxygens (including phenoxy) is 1. The number of hydrogen-bond donors (Lipinski definition) is 1. The van der Waals surface area contributed by atoms with E-state index in [-0.39, 0.29) is 17.9 Å². The fourth-order valence-electron chi connectivity index (χ4n) is 3.08. The number of rotatable bonds is 11. The van der Waals surface area contributed by atoms with Crippen molar-refractivity contribution in [3.8, 4) is 5.75 Å². The molecule has 2 aromatic carbocycles. The van der Waals surface area contributed by atoms with Gasteiger partial charge in [0.1, 0.15) is 11.8 Å². The van der Waals surface area contributed by atoms with E-state index in [0.29, 0.717) is 12.3 Å². The Morgan fingerprint density at radius 1 is 1.10 bits per heavy atom. The molecule has 0 unspecified atom stereocenters. The summed E-state index contributed by atoms with van der Waals surface area (Å²) in [6.07, 6.45) is 0.844. The summed E-state index contributed by atoms with van der Waals surface area (Å²) >= 11 is 1.58. The van der Waals surface area contributed by atoms with E-state index in [4.69, 9.17) is 4.74 Å². The van der Waals surface area contributed by atoms with E-state index in [0.717, 1.165) is 23.5 Å². The van der Waals surface area contributed by atoms with Crippen molar-refractivity contribution < 1.29 is 14.3 Å². The van der Waals surface area contributed by atoms with Gasteiger partial charge in [0.2, 0.25) is 11.8 Å². The summed E-state index contributed by atoms with van der Waals surface area (Å²) in [4.78, 5) is 27.6. The second-order valence-electron chi connectivity index (χ2n) is 7.78. The summed E-state index contributed by atoms with van der Waals surface area (Å²) in [6, 6.07) is 15.3. The number of carbonyl (C=O) groups is 2. The van der Waals surface area contributed by atoms with Crippen LogP contribution in [0.15, 0.2) is 48.5 Å². The van der Waals surface area contributed by atoms with Crippen LogP contribution in [0, 0.1) is 6.92 Å². The minimum atomic E-state index is -0.553. The molecule has 2 aromatic rings. The Bertz CT molecular complexity index is 854. The van der Waals surface area contributed by atoms with E-state index in [1.54, 1.807) is 30.7 Å². The fraction of sp³-hybridized carbons (Fsp3) is 0.440. The maximum atomic E-state index is 13.1. The lowest BCUT2D eigenvalue weighted by Crippen LogP contribution is -2.50. The minimum Gasteiger partial charge on any atom is -0.497 e. The first-order valence-electron chi connectivity index (χ1n) is 10.7. The molecule has 0 bridgehead atoms. The molecule has 6 heteroatoms. The summed E-state index contributed by atoms with van der Waals surface area (Å²) < 4.78 is 5.22. The predicted octanol–water partition coefficient (Wildman–Crippen LogP) is 4.57. The average molecular weight is 443 g/mol. The molecule has 168 valence electrons. The number of aryl methyl sites for hydroxylation is 1. The monoisotopic (exact) mass is 442 g/mol. The van der Waals surface area contributed by atoms with Gasteiger partial charge in [0, 0.05) is 18.3 Å². The van der Waals surface area contributed by atoms with Crippen molar-refractivity contribution in [1.82, 2.24) is 10.2 Å². The molecule has 0 aromatic heterocycles. The van der Waals surface area contributed by atoms with Crippen LogP contribution < -0.4 is 10.1 Å². The normalized spacial score (nSPS) is 12.7. The zero-order valence-electron chi connectivity index (χ0n) is 19.2. The smallest absolute Gasteiger partial charge is 0.242 e. The van der Waals surface area contributed by atoms with Crippen molar-refractivity contribution in [3.63, 3.8) is 0 Å². The zero-order chi connectivity index (χ0) is 22.8. The lowest BCUT2D eigenvalue weighted by molar-refractivity contribution is -0.138. The minimum absolute atomic E-state index is 0.0406. The Balaban J connectivity index is 2.09. The molecule has 2 atom stereocenters.